The summed E-state index contributed by atoms with van der Waals surface area (Å²) in [5.41, 5.74) is 2.81. The predicted molar refractivity (Wildman–Crippen MR) is 104 cm³/mol. The molecule has 0 unspecified atom stereocenters. The first-order valence-corrected chi connectivity index (χ1v) is 8.80. The van der Waals surface area contributed by atoms with Crippen LogP contribution in [0.2, 0.25) is 0 Å². The first-order valence-electron chi connectivity index (χ1n) is 8.80. The molecule has 8 heteroatoms. The average molecular weight is 362 g/mol. The second-order valence-electron chi connectivity index (χ2n) is 7.51. The largest absolute Gasteiger partial charge is 0.365 e. The molecule has 0 aliphatic heterocycles. The Kier molecular flexibility index (Phi) is 4.10. The molecule has 3 heterocycles. The number of anilines is 1. The van der Waals surface area contributed by atoms with E-state index in [9.17, 15) is 0 Å². The van der Waals surface area contributed by atoms with Crippen molar-refractivity contribution in [2.24, 2.45) is 7.05 Å². The van der Waals surface area contributed by atoms with E-state index in [0.717, 1.165) is 33.9 Å². The number of nitrogens with zero attached hydrogens (tertiary/aromatic N) is 7. The van der Waals surface area contributed by atoms with Crippen molar-refractivity contribution in [1.29, 1.82) is 0 Å². The van der Waals surface area contributed by atoms with Crippen LogP contribution < -0.4 is 5.32 Å². The molecule has 3 aromatic heterocycles. The van der Waals surface area contributed by atoms with Crippen LogP contribution in [0.1, 0.15) is 32.2 Å². The van der Waals surface area contributed by atoms with E-state index in [-0.39, 0.29) is 5.41 Å². The van der Waals surface area contributed by atoms with Crippen molar-refractivity contribution in [3.8, 4) is 5.69 Å². The lowest BCUT2D eigenvalue weighted by Crippen LogP contribution is -2.18. The SMILES string of the molecule is Cn1ncc2c(NCc3ccc(-n4cncn4)cc3)nc(C(C)(C)C)nc21. The molecule has 1 N–H and O–H groups in total. The van der Waals surface area contributed by atoms with Gasteiger partial charge in [0.1, 0.15) is 24.3 Å². The molecule has 4 aromatic rings. The van der Waals surface area contributed by atoms with E-state index in [1.165, 1.54) is 6.33 Å². The Hall–Kier alpha value is -3.29. The topological polar surface area (TPSA) is 86.3 Å². The van der Waals surface area contributed by atoms with Crippen LogP contribution in [0.5, 0.6) is 0 Å². The quantitative estimate of drug-likeness (QED) is 0.601. The van der Waals surface area contributed by atoms with Crippen molar-refractivity contribution in [3.63, 3.8) is 0 Å². The van der Waals surface area contributed by atoms with Gasteiger partial charge < -0.3 is 5.32 Å². The van der Waals surface area contributed by atoms with Gasteiger partial charge in [-0.05, 0) is 17.7 Å². The highest BCUT2D eigenvalue weighted by Gasteiger charge is 2.21. The van der Waals surface area contributed by atoms with Gasteiger partial charge in [-0.2, -0.15) is 10.2 Å². The summed E-state index contributed by atoms with van der Waals surface area (Å²) < 4.78 is 3.51. The van der Waals surface area contributed by atoms with Crippen LogP contribution in [0.4, 0.5) is 5.82 Å². The van der Waals surface area contributed by atoms with E-state index in [4.69, 9.17) is 9.97 Å². The van der Waals surface area contributed by atoms with E-state index in [0.29, 0.717) is 6.54 Å². The maximum absolute atomic E-state index is 4.76. The maximum Gasteiger partial charge on any atom is 0.163 e. The summed E-state index contributed by atoms with van der Waals surface area (Å²) in [6.45, 7) is 6.98. The van der Waals surface area contributed by atoms with Crippen molar-refractivity contribution < 1.29 is 0 Å². The van der Waals surface area contributed by atoms with Gasteiger partial charge in [0.15, 0.2) is 5.65 Å². The lowest BCUT2D eigenvalue weighted by molar-refractivity contribution is 0.547. The van der Waals surface area contributed by atoms with Crippen molar-refractivity contribution in [3.05, 3.63) is 54.5 Å². The standard InChI is InChI=1S/C19H22N8/c1-19(2,3)18-24-16(15-10-22-26(4)17(15)25-18)21-9-13-5-7-14(8-6-13)27-12-20-11-23-27/h5-8,10-12H,9H2,1-4H3,(H,21,24,25). The molecule has 4 rings (SSSR count). The molecular formula is C19H22N8. The van der Waals surface area contributed by atoms with Gasteiger partial charge in [0.25, 0.3) is 0 Å². The van der Waals surface area contributed by atoms with Crippen molar-refractivity contribution >= 4 is 16.9 Å². The van der Waals surface area contributed by atoms with Gasteiger partial charge >= 0.3 is 0 Å². The van der Waals surface area contributed by atoms with E-state index in [1.807, 2.05) is 19.2 Å². The van der Waals surface area contributed by atoms with E-state index >= 15 is 0 Å². The molecule has 0 atom stereocenters. The highest BCUT2D eigenvalue weighted by molar-refractivity contribution is 5.86. The van der Waals surface area contributed by atoms with Crippen molar-refractivity contribution in [2.45, 2.75) is 32.7 Å². The molecule has 0 saturated carbocycles. The summed E-state index contributed by atoms with van der Waals surface area (Å²) in [7, 11) is 1.90. The highest BCUT2D eigenvalue weighted by Crippen LogP contribution is 2.26. The minimum atomic E-state index is -0.145. The summed E-state index contributed by atoms with van der Waals surface area (Å²) in [6.07, 6.45) is 5.01. The number of hydrogen-bond acceptors (Lipinski definition) is 6. The lowest BCUT2D eigenvalue weighted by Gasteiger charge is -2.18. The van der Waals surface area contributed by atoms with Crippen LogP contribution in [0.15, 0.2) is 43.1 Å². The summed E-state index contributed by atoms with van der Waals surface area (Å²) >= 11 is 0. The summed E-state index contributed by atoms with van der Waals surface area (Å²) in [4.78, 5) is 13.4. The number of nitrogens with one attached hydrogen (secondary N) is 1. The molecule has 0 aliphatic rings. The number of aryl methyl sites for hydroxylation is 1. The second kappa shape index (κ2) is 6.46. The minimum absolute atomic E-state index is 0.145. The molecule has 0 fully saturated rings. The number of aromatic nitrogens is 7. The van der Waals surface area contributed by atoms with E-state index in [2.05, 4.69) is 53.4 Å². The fourth-order valence-electron chi connectivity index (χ4n) is 2.79. The Morgan fingerprint density at radius 1 is 1.04 bits per heavy atom. The summed E-state index contributed by atoms with van der Waals surface area (Å²) in [5.74, 6) is 1.60. The molecule has 27 heavy (non-hydrogen) atoms. The molecule has 0 bridgehead atoms. The zero-order valence-corrected chi connectivity index (χ0v) is 15.9. The predicted octanol–water partition coefficient (Wildman–Crippen LogP) is 2.85. The normalized spacial score (nSPS) is 11.9. The smallest absolute Gasteiger partial charge is 0.163 e. The van der Waals surface area contributed by atoms with Crippen LogP contribution in [0, 0.1) is 0 Å². The summed E-state index contributed by atoms with van der Waals surface area (Å²) in [6, 6.07) is 8.17. The minimum Gasteiger partial charge on any atom is -0.365 e. The third kappa shape index (κ3) is 3.38. The molecular weight excluding hydrogens is 340 g/mol. The molecule has 0 saturated heterocycles. The molecule has 0 amide bonds. The van der Waals surface area contributed by atoms with Gasteiger partial charge in [-0.25, -0.2) is 19.6 Å². The fraction of sp³-hybridized carbons (Fsp3) is 0.316. The zero-order chi connectivity index (χ0) is 19.0. The van der Waals surface area contributed by atoms with Crippen molar-refractivity contribution in [2.75, 3.05) is 5.32 Å². The first-order chi connectivity index (χ1) is 12.9. The van der Waals surface area contributed by atoms with Crippen LogP contribution >= 0.6 is 0 Å². The lowest BCUT2D eigenvalue weighted by atomic mass is 9.95. The second-order valence-corrected chi connectivity index (χ2v) is 7.51. The van der Waals surface area contributed by atoms with Gasteiger partial charge in [0, 0.05) is 19.0 Å². The third-order valence-corrected chi connectivity index (χ3v) is 4.34. The average Bonchev–Trinajstić information content (AvgIpc) is 3.30. The van der Waals surface area contributed by atoms with Crippen LogP contribution in [0.25, 0.3) is 16.7 Å². The van der Waals surface area contributed by atoms with Crippen LogP contribution in [-0.4, -0.2) is 34.5 Å². The fourth-order valence-corrected chi connectivity index (χ4v) is 2.79. The summed E-state index contributed by atoms with van der Waals surface area (Å²) in [5, 5.41) is 12.8. The van der Waals surface area contributed by atoms with Crippen LogP contribution in [0.3, 0.4) is 0 Å². The number of hydrogen-bond donors (Lipinski definition) is 1. The molecule has 0 aliphatic carbocycles. The van der Waals surface area contributed by atoms with E-state index < -0.39 is 0 Å². The molecule has 1 aromatic carbocycles. The van der Waals surface area contributed by atoms with Gasteiger partial charge in [-0.3, -0.25) is 4.68 Å². The molecule has 8 nitrogen and oxygen atoms in total. The Morgan fingerprint density at radius 2 is 1.81 bits per heavy atom. The number of rotatable bonds is 4. The van der Waals surface area contributed by atoms with E-state index in [1.54, 1.807) is 21.9 Å². The van der Waals surface area contributed by atoms with Gasteiger partial charge in [-0.15, -0.1) is 0 Å². The Bertz CT molecular complexity index is 1060. The van der Waals surface area contributed by atoms with Crippen LogP contribution in [-0.2, 0) is 19.0 Å². The zero-order valence-electron chi connectivity index (χ0n) is 15.9. The maximum atomic E-state index is 4.76. The van der Waals surface area contributed by atoms with Gasteiger partial charge in [0.05, 0.1) is 17.3 Å². The Labute approximate surface area is 157 Å². The van der Waals surface area contributed by atoms with Gasteiger partial charge in [0.2, 0.25) is 0 Å². The third-order valence-electron chi connectivity index (χ3n) is 4.34. The highest BCUT2D eigenvalue weighted by atomic mass is 15.3. The molecule has 0 spiro atoms. The monoisotopic (exact) mass is 362 g/mol. The Balaban J connectivity index is 1.60. The Morgan fingerprint density at radius 3 is 2.48 bits per heavy atom. The van der Waals surface area contributed by atoms with Gasteiger partial charge in [-0.1, -0.05) is 32.9 Å². The molecule has 0 radical (unpaired) electrons. The number of fused-ring (bicyclic) bond motifs is 1. The molecule has 138 valence electrons. The van der Waals surface area contributed by atoms with Crippen molar-refractivity contribution in [1.82, 2.24) is 34.5 Å². The number of benzene rings is 1. The first kappa shape index (κ1) is 17.1.